The smallest absolute Gasteiger partial charge is 0.310 e. The van der Waals surface area contributed by atoms with E-state index in [1.165, 1.54) is 0 Å². The molecule has 5 heteroatoms. The minimum atomic E-state index is -0.0419. The molecule has 1 aromatic rings. The topological polar surface area (TPSA) is 56.1 Å². The van der Waals surface area contributed by atoms with Crippen molar-refractivity contribution in [2.75, 3.05) is 19.7 Å². The van der Waals surface area contributed by atoms with Gasteiger partial charge in [0.05, 0.1) is 12.5 Å². The largest absolute Gasteiger partial charge is 0.466 e. The van der Waals surface area contributed by atoms with Crippen molar-refractivity contribution in [3.63, 3.8) is 0 Å². The maximum absolute atomic E-state index is 11.1. The molecule has 0 bridgehead atoms. The molecule has 1 saturated heterocycles. The van der Waals surface area contributed by atoms with Gasteiger partial charge in [-0.3, -0.25) is 9.48 Å². The summed E-state index contributed by atoms with van der Waals surface area (Å²) in [6, 6.07) is 1.89. The van der Waals surface area contributed by atoms with Gasteiger partial charge in [0.1, 0.15) is 0 Å². The first-order valence-corrected chi connectivity index (χ1v) is 6.05. The Morgan fingerprint density at radius 2 is 2.47 bits per heavy atom. The van der Waals surface area contributed by atoms with E-state index in [-0.39, 0.29) is 11.9 Å². The zero-order chi connectivity index (χ0) is 12.5. The number of hydrogen-bond donors (Lipinski definition) is 1. The molecule has 1 fully saturated rings. The Hall–Kier alpha value is -1.36. The molecule has 2 rings (SSSR count). The molecule has 0 radical (unpaired) electrons. The Kier molecular flexibility index (Phi) is 6.32. The maximum atomic E-state index is 11.1. The predicted octanol–water partition coefficient (Wildman–Crippen LogP) is 0.969. The van der Waals surface area contributed by atoms with Crippen LogP contribution in [0.25, 0.3) is 0 Å². The van der Waals surface area contributed by atoms with Gasteiger partial charge in [0, 0.05) is 26.0 Å². The van der Waals surface area contributed by atoms with Crippen molar-refractivity contribution in [2.24, 2.45) is 13.0 Å². The number of aryl methyl sites for hydroxylation is 1. The number of carbonyl (C=O) groups is 1. The number of piperidine rings is 1. The van der Waals surface area contributed by atoms with E-state index in [4.69, 9.17) is 4.74 Å². The van der Waals surface area contributed by atoms with Crippen molar-refractivity contribution in [1.82, 2.24) is 15.1 Å². The lowest BCUT2D eigenvalue weighted by atomic mass is 10.0. The maximum Gasteiger partial charge on any atom is 0.310 e. The Balaban J connectivity index is 0.000000202. The van der Waals surface area contributed by atoms with Gasteiger partial charge in [0.2, 0.25) is 0 Å². The molecule has 0 spiro atoms. The first kappa shape index (κ1) is 13.7. The second kappa shape index (κ2) is 7.84. The highest BCUT2D eigenvalue weighted by Gasteiger charge is 2.21. The molecule has 0 aliphatic carbocycles. The molecule has 0 amide bonds. The van der Waals surface area contributed by atoms with Crippen LogP contribution in [0.1, 0.15) is 19.8 Å². The number of nitrogens with one attached hydrogen (secondary N) is 1. The summed E-state index contributed by atoms with van der Waals surface area (Å²) in [6.45, 7) is 4.16. The Labute approximate surface area is 102 Å². The van der Waals surface area contributed by atoms with Gasteiger partial charge in [0.25, 0.3) is 0 Å². The zero-order valence-electron chi connectivity index (χ0n) is 10.6. The Morgan fingerprint density at radius 1 is 1.65 bits per heavy atom. The highest BCUT2D eigenvalue weighted by molar-refractivity contribution is 5.72. The number of nitrogens with zero attached hydrogens (tertiary/aromatic N) is 2. The average Bonchev–Trinajstić information content (AvgIpc) is 2.83. The van der Waals surface area contributed by atoms with Crippen LogP contribution in [0.5, 0.6) is 0 Å². The second-order valence-corrected chi connectivity index (χ2v) is 3.98. The molecule has 1 aliphatic heterocycles. The van der Waals surface area contributed by atoms with Gasteiger partial charge < -0.3 is 10.1 Å². The minimum absolute atomic E-state index is 0.0419. The molecule has 5 nitrogen and oxygen atoms in total. The lowest BCUT2D eigenvalue weighted by Gasteiger charge is -2.20. The summed E-state index contributed by atoms with van der Waals surface area (Å²) in [7, 11) is 1.89. The molecule has 0 aromatic carbocycles. The fourth-order valence-electron chi connectivity index (χ4n) is 1.66. The van der Waals surface area contributed by atoms with E-state index in [9.17, 15) is 4.79 Å². The summed E-state index contributed by atoms with van der Waals surface area (Å²) < 4.78 is 6.65. The van der Waals surface area contributed by atoms with Gasteiger partial charge in [-0.1, -0.05) is 0 Å². The molecule has 1 aliphatic rings. The van der Waals surface area contributed by atoms with Gasteiger partial charge in [-0.15, -0.1) is 0 Å². The third-order valence-corrected chi connectivity index (χ3v) is 2.55. The van der Waals surface area contributed by atoms with Gasteiger partial charge >= 0.3 is 5.97 Å². The summed E-state index contributed by atoms with van der Waals surface area (Å²) >= 11 is 0. The van der Waals surface area contributed by atoms with E-state index in [0.717, 1.165) is 25.9 Å². The van der Waals surface area contributed by atoms with Crippen molar-refractivity contribution in [2.45, 2.75) is 19.8 Å². The Morgan fingerprint density at radius 3 is 2.88 bits per heavy atom. The average molecular weight is 239 g/mol. The lowest BCUT2D eigenvalue weighted by Crippen LogP contribution is -2.35. The minimum Gasteiger partial charge on any atom is -0.466 e. The molecule has 1 unspecified atom stereocenters. The standard InChI is InChI=1S/C8H15NO2.C4H6N2/c1-2-11-8(10)7-4-3-5-9-6-7;1-6-4-2-3-5-6/h7,9H,2-6H2,1H3;2-4H,1H3. The normalized spacial score (nSPS) is 19.1. The first-order valence-electron chi connectivity index (χ1n) is 6.05. The number of carbonyl (C=O) groups excluding carboxylic acids is 1. The van der Waals surface area contributed by atoms with Gasteiger partial charge in [-0.25, -0.2) is 0 Å². The highest BCUT2D eigenvalue weighted by atomic mass is 16.5. The molecule has 0 saturated carbocycles. The number of esters is 1. The van der Waals surface area contributed by atoms with Crippen molar-refractivity contribution < 1.29 is 9.53 Å². The van der Waals surface area contributed by atoms with E-state index in [1.54, 1.807) is 10.9 Å². The first-order chi connectivity index (χ1) is 8.24. The van der Waals surface area contributed by atoms with E-state index in [1.807, 2.05) is 26.2 Å². The lowest BCUT2D eigenvalue weighted by molar-refractivity contribution is -0.148. The third kappa shape index (κ3) is 5.49. The second-order valence-electron chi connectivity index (χ2n) is 3.98. The van der Waals surface area contributed by atoms with Crippen LogP contribution < -0.4 is 5.32 Å². The van der Waals surface area contributed by atoms with Crippen molar-refractivity contribution in [1.29, 1.82) is 0 Å². The summed E-state index contributed by atoms with van der Waals surface area (Å²) in [5.41, 5.74) is 0. The summed E-state index contributed by atoms with van der Waals surface area (Å²) in [4.78, 5) is 11.1. The molecule has 17 heavy (non-hydrogen) atoms. The molecule has 96 valence electrons. The molecule has 1 N–H and O–H groups in total. The fraction of sp³-hybridized carbons (Fsp3) is 0.667. The van der Waals surface area contributed by atoms with Crippen molar-refractivity contribution >= 4 is 5.97 Å². The summed E-state index contributed by atoms with van der Waals surface area (Å²) in [5, 5.41) is 7.01. The van der Waals surface area contributed by atoms with Gasteiger partial charge in [0.15, 0.2) is 0 Å². The highest BCUT2D eigenvalue weighted by Crippen LogP contribution is 2.11. The number of hydrogen-bond acceptors (Lipinski definition) is 4. The van der Waals surface area contributed by atoms with Crippen LogP contribution in [-0.2, 0) is 16.6 Å². The van der Waals surface area contributed by atoms with Crippen LogP contribution in [0.15, 0.2) is 18.5 Å². The van der Waals surface area contributed by atoms with Crippen molar-refractivity contribution in [3.8, 4) is 0 Å². The molecule has 1 aromatic heterocycles. The number of rotatable bonds is 2. The van der Waals surface area contributed by atoms with E-state index in [0.29, 0.717) is 6.61 Å². The van der Waals surface area contributed by atoms with Crippen LogP contribution >= 0.6 is 0 Å². The third-order valence-electron chi connectivity index (χ3n) is 2.55. The molecule has 2 heterocycles. The zero-order valence-corrected chi connectivity index (χ0v) is 10.6. The number of aromatic nitrogens is 2. The summed E-state index contributed by atoms with van der Waals surface area (Å²) in [6.07, 6.45) is 5.70. The van der Waals surface area contributed by atoms with Crippen LogP contribution in [0.2, 0.25) is 0 Å². The number of ether oxygens (including phenoxy) is 1. The van der Waals surface area contributed by atoms with Crippen LogP contribution in [0.4, 0.5) is 0 Å². The van der Waals surface area contributed by atoms with Crippen LogP contribution in [0.3, 0.4) is 0 Å². The fourth-order valence-corrected chi connectivity index (χ4v) is 1.66. The van der Waals surface area contributed by atoms with Crippen molar-refractivity contribution in [3.05, 3.63) is 18.5 Å². The molecular formula is C12H21N3O2. The molecule has 1 atom stereocenters. The monoisotopic (exact) mass is 239 g/mol. The summed E-state index contributed by atoms with van der Waals surface area (Å²) in [5.74, 6) is 0.0587. The predicted molar refractivity (Wildman–Crippen MR) is 65.4 cm³/mol. The van der Waals surface area contributed by atoms with E-state index >= 15 is 0 Å². The quantitative estimate of drug-likeness (QED) is 0.781. The molecular weight excluding hydrogens is 218 g/mol. The van der Waals surface area contributed by atoms with E-state index in [2.05, 4.69) is 10.4 Å². The Bertz CT molecular complexity index is 306. The SMILES string of the molecule is CCOC(=O)C1CCCNC1.Cn1cccn1. The van der Waals surface area contributed by atoms with Gasteiger partial charge in [-0.05, 0) is 32.4 Å². The van der Waals surface area contributed by atoms with Gasteiger partial charge in [-0.2, -0.15) is 5.10 Å². The van der Waals surface area contributed by atoms with Crippen LogP contribution in [-0.4, -0.2) is 35.4 Å². The van der Waals surface area contributed by atoms with E-state index < -0.39 is 0 Å². The van der Waals surface area contributed by atoms with Crippen LogP contribution in [0, 0.1) is 5.92 Å².